The first kappa shape index (κ1) is 13.1. The molecule has 0 spiro atoms. The first-order valence-corrected chi connectivity index (χ1v) is 5.98. The summed E-state index contributed by atoms with van der Waals surface area (Å²) in [5.74, 6) is 0. The summed E-state index contributed by atoms with van der Waals surface area (Å²) < 4.78 is 12.1. The monoisotopic (exact) mass is 212 g/mol. The minimum Gasteiger partial charge on any atom is -0.403 e. The van der Waals surface area contributed by atoms with Crippen LogP contribution in [0.5, 0.6) is 0 Å². The van der Waals surface area contributed by atoms with E-state index in [4.69, 9.17) is 9.31 Å². The van der Waals surface area contributed by atoms with E-state index >= 15 is 0 Å². The van der Waals surface area contributed by atoms with E-state index in [1.54, 1.807) is 0 Å². The van der Waals surface area contributed by atoms with Crippen molar-refractivity contribution < 1.29 is 9.31 Å². The van der Waals surface area contributed by atoms with E-state index in [1.165, 1.54) is 0 Å². The third-order valence-corrected chi connectivity index (χ3v) is 3.79. The zero-order chi connectivity index (χ0) is 11.9. The lowest BCUT2D eigenvalue weighted by molar-refractivity contribution is 0.00578. The Morgan fingerprint density at radius 2 is 1.40 bits per heavy atom. The quantitative estimate of drug-likeness (QED) is 0.664. The van der Waals surface area contributed by atoms with Gasteiger partial charge in [0.2, 0.25) is 0 Å². The zero-order valence-electron chi connectivity index (χ0n) is 11.3. The molecule has 0 aromatic carbocycles. The largest absolute Gasteiger partial charge is 0.463 e. The van der Waals surface area contributed by atoms with Crippen LogP contribution in [0.1, 0.15) is 61.3 Å². The second kappa shape index (κ2) is 3.78. The molecule has 0 aromatic heterocycles. The Kier molecular flexibility index (Phi) is 3.29. The van der Waals surface area contributed by atoms with Crippen molar-refractivity contribution in [3.8, 4) is 0 Å². The fourth-order valence-corrected chi connectivity index (χ4v) is 1.92. The van der Waals surface area contributed by atoms with E-state index in [2.05, 4.69) is 48.5 Å². The summed E-state index contributed by atoms with van der Waals surface area (Å²) in [5.41, 5.74) is -0.411. The molecule has 88 valence electrons. The summed E-state index contributed by atoms with van der Waals surface area (Å²) in [5, 5.41) is 0.0970. The topological polar surface area (TPSA) is 18.5 Å². The van der Waals surface area contributed by atoms with Gasteiger partial charge in [0.1, 0.15) is 0 Å². The smallest absolute Gasteiger partial charge is 0.403 e. The van der Waals surface area contributed by atoms with E-state index in [0.29, 0.717) is 0 Å². The van der Waals surface area contributed by atoms with Gasteiger partial charge in [-0.1, -0.05) is 27.2 Å². The summed E-state index contributed by atoms with van der Waals surface area (Å²) in [7, 11) is -0.0811. The predicted octanol–water partition coefficient (Wildman–Crippen LogP) is 3.66. The van der Waals surface area contributed by atoms with Gasteiger partial charge < -0.3 is 9.31 Å². The number of rotatable bonds is 3. The Bertz CT molecular complexity index is 218. The highest BCUT2D eigenvalue weighted by atomic mass is 16.7. The van der Waals surface area contributed by atoms with Gasteiger partial charge in [-0.05, 0) is 39.4 Å². The standard InChI is InChI=1S/C12H25BO2/c1-8-9-10(2,3)13-14-11(4,5)12(6,7)15-13/h8-9H2,1-7H3. The Labute approximate surface area is 94.9 Å². The van der Waals surface area contributed by atoms with Gasteiger partial charge in [0, 0.05) is 0 Å². The van der Waals surface area contributed by atoms with Crippen molar-refractivity contribution in [2.24, 2.45) is 0 Å². The third-order valence-electron chi connectivity index (χ3n) is 3.79. The third kappa shape index (κ3) is 2.39. The summed E-state index contributed by atoms with van der Waals surface area (Å²) in [6, 6.07) is 0. The zero-order valence-corrected chi connectivity index (χ0v) is 11.3. The number of hydrogen-bond acceptors (Lipinski definition) is 2. The van der Waals surface area contributed by atoms with Gasteiger partial charge >= 0.3 is 7.12 Å². The van der Waals surface area contributed by atoms with Crippen LogP contribution in [0.3, 0.4) is 0 Å². The molecule has 0 unspecified atom stereocenters. The summed E-state index contributed by atoms with van der Waals surface area (Å²) >= 11 is 0. The van der Waals surface area contributed by atoms with Crippen LogP contribution in [0.15, 0.2) is 0 Å². The lowest BCUT2D eigenvalue weighted by Crippen LogP contribution is -2.41. The highest BCUT2D eigenvalue weighted by Gasteiger charge is 2.55. The molecule has 0 amide bonds. The van der Waals surface area contributed by atoms with Crippen LogP contribution in [0.25, 0.3) is 0 Å². The molecule has 0 atom stereocenters. The van der Waals surface area contributed by atoms with E-state index in [1.807, 2.05) is 0 Å². The molecular weight excluding hydrogens is 187 g/mol. The molecule has 2 nitrogen and oxygen atoms in total. The van der Waals surface area contributed by atoms with Crippen LogP contribution >= 0.6 is 0 Å². The molecule has 0 radical (unpaired) electrons. The predicted molar refractivity (Wildman–Crippen MR) is 65.0 cm³/mol. The molecule has 1 aliphatic rings. The molecule has 1 heterocycles. The Morgan fingerprint density at radius 3 is 1.73 bits per heavy atom. The molecular formula is C12H25BO2. The van der Waals surface area contributed by atoms with Crippen molar-refractivity contribution in [3.63, 3.8) is 0 Å². The van der Waals surface area contributed by atoms with Crippen LogP contribution in [0, 0.1) is 0 Å². The fourth-order valence-electron chi connectivity index (χ4n) is 1.92. The molecule has 1 aliphatic heterocycles. The molecule has 0 N–H and O–H groups in total. The van der Waals surface area contributed by atoms with Crippen molar-refractivity contribution in [3.05, 3.63) is 0 Å². The van der Waals surface area contributed by atoms with Crippen molar-refractivity contribution in [1.82, 2.24) is 0 Å². The van der Waals surface area contributed by atoms with Crippen molar-refractivity contribution >= 4 is 7.12 Å². The van der Waals surface area contributed by atoms with Gasteiger partial charge in [-0.25, -0.2) is 0 Å². The SMILES string of the molecule is CCCC(C)(C)B1OC(C)(C)C(C)(C)O1. The highest BCUT2D eigenvalue weighted by Crippen LogP contribution is 2.46. The molecule has 0 bridgehead atoms. The molecule has 0 aromatic rings. The number of hydrogen-bond donors (Lipinski definition) is 0. The lowest BCUT2D eigenvalue weighted by atomic mass is 9.58. The highest BCUT2D eigenvalue weighted by molar-refractivity contribution is 6.49. The summed E-state index contributed by atoms with van der Waals surface area (Å²) in [6.07, 6.45) is 2.29. The van der Waals surface area contributed by atoms with Gasteiger partial charge in [-0.3, -0.25) is 0 Å². The Hall–Kier alpha value is -0.0151. The van der Waals surface area contributed by atoms with Crippen LogP contribution < -0.4 is 0 Å². The van der Waals surface area contributed by atoms with Gasteiger partial charge in [0.05, 0.1) is 11.2 Å². The minimum atomic E-state index is -0.206. The second-order valence-electron chi connectivity index (χ2n) is 6.33. The molecule has 0 aliphatic carbocycles. The van der Waals surface area contributed by atoms with E-state index in [0.717, 1.165) is 12.8 Å². The Balaban J connectivity index is 2.78. The normalized spacial score (nSPS) is 24.6. The molecule has 0 saturated carbocycles. The first-order valence-electron chi connectivity index (χ1n) is 5.98. The maximum atomic E-state index is 6.06. The minimum absolute atomic E-state index is 0.0811. The maximum absolute atomic E-state index is 6.06. The van der Waals surface area contributed by atoms with Gasteiger partial charge in [-0.15, -0.1) is 0 Å². The van der Waals surface area contributed by atoms with Crippen LogP contribution in [0.2, 0.25) is 5.31 Å². The van der Waals surface area contributed by atoms with Crippen molar-refractivity contribution in [2.75, 3.05) is 0 Å². The fraction of sp³-hybridized carbons (Fsp3) is 1.00. The van der Waals surface area contributed by atoms with Gasteiger partial charge in [0.15, 0.2) is 0 Å². The molecule has 3 heteroatoms. The lowest BCUT2D eigenvalue weighted by Gasteiger charge is -2.32. The summed E-state index contributed by atoms with van der Waals surface area (Å²) in [6.45, 7) is 15.1. The first-order chi connectivity index (χ1) is 6.62. The molecule has 1 saturated heterocycles. The molecule has 1 rings (SSSR count). The van der Waals surface area contributed by atoms with Gasteiger partial charge in [-0.2, -0.15) is 0 Å². The van der Waals surface area contributed by atoms with Crippen LogP contribution in [-0.2, 0) is 9.31 Å². The average Bonchev–Trinajstić information content (AvgIpc) is 2.21. The van der Waals surface area contributed by atoms with Crippen molar-refractivity contribution in [2.45, 2.75) is 77.8 Å². The van der Waals surface area contributed by atoms with E-state index < -0.39 is 0 Å². The molecule has 15 heavy (non-hydrogen) atoms. The van der Waals surface area contributed by atoms with Crippen LogP contribution in [-0.4, -0.2) is 18.3 Å². The average molecular weight is 212 g/mol. The summed E-state index contributed by atoms with van der Waals surface area (Å²) in [4.78, 5) is 0. The van der Waals surface area contributed by atoms with Crippen LogP contribution in [0.4, 0.5) is 0 Å². The van der Waals surface area contributed by atoms with E-state index in [-0.39, 0.29) is 23.6 Å². The van der Waals surface area contributed by atoms with E-state index in [9.17, 15) is 0 Å². The maximum Gasteiger partial charge on any atom is 0.463 e. The van der Waals surface area contributed by atoms with Gasteiger partial charge in [0.25, 0.3) is 0 Å². The molecule has 1 fully saturated rings. The van der Waals surface area contributed by atoms with Crippen molar-refractivity contribution in [1.29, 1.82) is 0 Å². The Morgan fingerprint density at radius 1 is 1.00 bits per heavy atom. The second-order valence-corrected chi connectivity index (χ2v) is 6.33.